The quantitative estimate of drug-likeness (QED) is 0.813. The molecule has 1 aromatic rings. The molecule has 0 radical (unpaired) electrons. The van der Waals surface area contributed by atoms with Crippen LogP contribution < -0.4 is 11.1 Å². The van der Waals surface area contributed by atoms with Crippen molar-refractivity contribution >= 4 is 6.08 Å². The van der Waals surface area contributed by atoms with Gasteiger partial charge in [0.1, 0.15) is 0 Å². The summed E-state index contributed by atoms with van der Waals surface area (Å²) in [6.07, 6.45) is 7.42. The van der Waals surface area contributed by atoms with Crippen LogP contribution in [-0.4, -0.2) is 43.2 Å². The van der Waals surface area contributed by atoms with Crippen LogP contribution >= 0.6 is 0 Å². The molecule has 3 nitrogen and oxygen atoms in total. The van der Waals surface area contributed by atoms with E-state index in [2.05, 4.69) is 53.5 Å². The van der Waals surface area contributed by atoms with E-state index in [1.807, 2.05) is 0 Å². The first-order chi connectivity index (χ1) is 11.3. The molecule has 0 amide bonds. The fourth-order valence-electron chi connectivity index (χ4n) is 3.83. The molecule has 2 aliphatic rings. The van der Waals surface area contributed by atoms with E-state index in [4.69, 9.17) is 5.73 Å². The Labute approximate surface area is 140 Å². The SMILES string of the molecule is CC/C(=C\c1ccccc1)[C@@H]1C[C@H]1NC1CCN(CCN)CC1. The van der Waals surface area contributed by atoms with E-state index < -0.39 is 0 Å². The molecule has 1 aliphatic carbocycles. The zero-order valence-corrected chi connectivity index (χ0v) is 14.4. The van der Waals surface area contributed by atoms with Gasteiger partial charge in [-0.25, -0.2) is 0 Å². The van der Waals surface area contributed by atoms with Crippen LogP contribution in [-0.2, 0) is 0 Å². The molecule has 0 spiro atoms. The van der Waals surface area contributed by atoms with Gasteiger partial charge < -0.3 is 16.0 Å². The largest absolute Gasteiger partial charge is 0.329 e. The Morgan fingerprint density at radius 2 is 2.00 bits per heavy atom. The molecule has 2 atom stereocenters. The molecule has 3 rings (SSSR count). The van der Waals surface area contributed by atoms with Gasteiger partial charge in [-0.15, -0.1) is 0 Å². The normalized spacial score (nSPS) is 26.4. The van der Waals surface area contributed by atoms with Crippen LogP contribution in [0.4, 0.5) is 0 Å². The zero-order chi connectivity index (χ0) is 16.1. The fourth-order valence-corrected chi connectivity index (χ4v) is 3.83. The van der Waals surface area contributed by atoms with Crippen molar-refractivity contribution in [1.29, 1.82) is 0 Å². The van der Waals surface area contributed by atoms with Crippen molar-refractivity contribution in [2.24, 2.45) is 11.7 Å². The average Bonchev–Trinajstić information content (AvgIpc) is 3.34. The Morgan fingerprint density at radius 1 is 1.26 bits per heavy atom. The first kappa shape index (κ1) is 16.7. The van der Waals surface area contributed by atoms with E-state index in [0.717, 1.165) is 25.4 Å². The predicted octanol–water partition coefficient (Wildman–Crippen LogP) is 2.88. The third-order valence-corrected chi connectivity index (χ3v) is 5.31. The van der Waals surface area contributed by atoms with Gasteiger partial charge in [0.25, 0.3) is 0 Å². The lowest BCUT2D eigenvalue weighted by Gasteiger charge is -2.32. The summed E-state index contributed by atoms with van der Waals surface area (Å²) >= 11 is 0. The van der Waals surface area contributed by atoms with Gasteiger partial charge in [0, 0.05) is 25.2 Å². The van der Waals surface area contributed by atoms with Crippen LogP contribution in [0.25, 0.3) is 6.08 Å². The molecule has 0 unspecified atom stereocenters. The molecule has 126 valence electrons. The lowest BCUT2D eigenvalue weighted by atomic mass is 10.0. The van der Waals surface area contributed by atoms with E-state index in [1.165, 1.54) is 37.9 Å². The van der Waals surface area contributed by atoms with Gasteiger partial charge in [0.2, 0.25) is 0 Å². The Kier molecular flexibility index (Phi) is 5.87. The van der Waals surface area contributed by atoms with E-state index in [0.29, 0.717) is 12.1 Å². The van der Waals surface area contributed by atoms with Crippen molar-refractivity contribution in [3.8, 4) is 0 Å². The highest BCUT2D eigenvalue weighted by molar-refractivity contribution is 5.54. The van der Waals surface area contributed by atoms with Gasteiger partial charge in [-0.05, 0) is 50.3 Å². The summed E-state index contributed by atoms with van der Waals surface area (Å²) in [5, 5.41) is 3.91. The topological polar surface area (TPSA) is 41.3 Å². The van der Waals surface area contributed by atoms with Crippen LogP contribution in [0.3, 0.4) is 0 Å². The number of hydrogen-bond acceptors (Lipinski definition) is 3. The number of nitrogens with two attached hydrogens (primary N) is 1. The van der Waals surface area contributed by atoms with E-state index in [-0.39, 0.29) is 0 Å². The van der Waals surface area contributed by atoms with Crippen molar-refractivity contribution in [1.82, 2.24) is 10.2 Å². The summed E-state index contributed by atoms with van der Waals surface area (Å²) in [5.74, 6) is 0.752. The van der Waals surface area contributed by atoms with Crippen molar-refractivity contribution < 1.29 is 0 Å². The fraction of sp³-hybridized carbons (Fsp3) is 0.600. The molecule has 3 heteroatoms. The molecule has 0 aromatic heterocycles. The zero-order valence-electron chi connectivity index (χ0n) is 14.4. The number of rotatable bonds is 7. The number of piperidine rings is 1. The van der Waals surface area contributed by atoms with E-state index in [9.17, 15) is 0 Å². The van der Waals surface area contributed by atoms with Crippen molar-refractivity contribution in [3.63, 3.8) is 0 Å². The second-order valence-corrected chi connectivity index (χ2v) is 7.00. The standard InChI is InChI=1S/C20H31N3/c1-2-17(14-16-6-4-3-5-7-16)19-15-20(19)22-18-8-11-23(12-9-18)13-10-21/h3-7,14,18-20,22H,2,8-13,15,21H2,1H3/b17-14+/t19-,20+/m0/s1. The molecule has 0 bridgehead atoms. The Morgan fingerprint density at radius 3 is 2.65 bits per heavy atom. The summed E-state index contributed by atoms with van der Waals surface area (Å²) in [6.45, 7) is 6.53. The lowest BCUT2D eigenvalue weighted by molar-refractivity contribution is 0.201. The van der Waals surface area contributed by atoms with Gasteiger partial charge in [-0.3, -0.25) is 0 Å². The average molecular weight is 313 g/mol. The number of nitrogens with one attached hydrogen (secondary N) is 1. The highest BCUT2D eigenvalue weighted by atomic mass is 15.2. The van der Waals surface area contributed by atoms with E-state index >= 15 is 0 Å². The van der Waals surface area contributed by atoms with Gasteiger partial charge in [0.15, 0.2) is 0 Å². The highest BCUT2D eigenvalue weighted by Crippen LogP contribution is 2.40. The lowest BCUT2D eigenvalue weighted by Crippen LogP contribution is -2.44. The highest BCUT2D eigenvalue weighted by Gasteiger charge is 2.40. The minimum Gasteiger partial charge on any atom is -0.329 e. The van der Waals surface area contributed by atoms with E-state index in [1.54, 1.807) is 5.57 Å². The third kappa shape index (κ3) is 4.66. The molecule has 1 aromatic carbocycles. The van der Waals surface area contributed by atoms with Crippen LogP contribution in [0, 0.1) is 5.92 Å². The summed E-state index contributed by atoms with van der Waals surface area (Å²) in [5.41, 5.74) is 8.60. The minimum atomic E-state index is 0.703. The maximum Gasteiger partial charge on any atom is 0.0142 e. The van der Waals surface area contributed by atoms with Gasteiger partial charge in [-0.1, -0.05) is 48.9 Å². The maximum absolute atomic E-state index is 5.65. The summed E-state index contributed by atoms with van der Waals surface area (Å²) in [6, 6.07) is 12.1. The summed E-state index contributed by atoms with van der Waals surface area (Å²) in [4.78, 5) is 2.50. The van der Waals surface area contributed by atoms with Crippen LogP contribution in [0.15, 0.2) is 35.9 Å². The molecule has 23 heavy (non-hydrogen) atoms. The molecule has 1 aliphatic heterocycles. The molecule has 2 fully saturated rings. The smallest absolute Gasteiger partial charge is 0.0142 e. The second-order valence-electron chi connectivity index (χ2n) is 7.00. The maximum atomic E-state index is 5.65. The Bertz CT molecular complexity index is 503. The third-order valence-electron chi connectivity index (χ3n) is 5.31. The van der Waals surface area contributed by atoms with Crippen molar-refractivity contribution in [2.75, 3.05) is 26.2 Å². The summed E-state index contributed by atoms with van der Waals surface area (Å²) < 4.78 is 0. The monoisotopic (exact) mass is 313 g/mol. The first-order valence-electron chi connectivity index (χ1n) is 9.24. The Hall–Kier alpha value is -1.16. The molecule has 1 heterocycles. The predicted molar refractivity (Wildman–Crippen MR) is 98.3 cm³/mol. The molecule has 1 saturated carbocycles. The van der Waals surface area contributed by atoms with Crippen LogP contribution in [0.5, 0.6) is 0 Å². The summed E-state index contributed by atoms with van der Waals surface area (Å²) in [7, 11) is 0. The van der Waals surface area contributed by atoms with Crippen LogP contribution in [0.1, 0.15) is 38.2 Å². The van der Waals surface area contributed by atoms with Gasteiger partial charge in [0.05, 0.1) is 0 Å². The van der Waals surface area contributed by atoms with Gasteiger partial charge in [-0.2, -0.15) is 0 Å². The van der Waals surface area contributed by atoms with Gasteiger partial charge >= 0.3 is 0 Å². The molecule has 3 N–H and O–H groups in total. The molecule has 1 saturated heterocycles. The molecular weight excluding hydrogens is 282 g/mol. The number of hydrogen-bond donors (Lipinski definition) is 2. The number of benzene rings is 1. The number of likely N-dealkylation sites (tertiary alicyclic amines) is 1. The van der Waals surface area contributed by atoms with Crippen LogP contribution in [0.2, 0.25) is 0 Å². The minimum absolute atomic E-state index is 0.703. The molecular formula is C20H31N3. The second kappa shape index (κ2) is 8.09. The first-order valence-corrected chi connectivity index (χ1v) is 9.24. The Balaban J connectivity index is 1.48. The van der Waals surface area contributed by atoms with Crippen molar-refractivity contribution in [3.05, 3.63) is 41.5 Å². The van der Waals surface area contributed by atoms with Crippen molar-refractivity contribution in [2.45, 2.75) is 44.7 Å². The number of nitrogens with zero attached hydrogens (tertiary/aromatic N) is 1.